The van der Waals surface area contributed by atoms with Gasteiger partial charge in [-0.3, -0.25) is 9.47 Å². The van der Waals surface area contributed by atoms with Gasteiger partial charge in [-0.2, -0.15) is 8.78 Å². The van der Waals surface area contributed by atoms with Crippen LogP contribution >= 0.6 is 11.8 Å². The second kappa shape index (κ2) is 12.0. The molecule has 34 heavy (non-hydrogen) atoms. The smallest absolute Gasteiger partial charge is 0.387 e. The topological polar surface area (TPSA) is 61.6 Å². The van der Waals surface area contributed by atoms with Gasteiger partial charge in [0.05, 0.1) is 20.3 Å². The van der Waals surface area contributed by atoms with Crippen LogP contribution < -0.4 is 14.2 Å². The molecule has 3 aromatic rings. The lowest BCUT2D eigenvalue weighted by atomic mass is 10.1. The Kier molecular flexibility index (Phi) is 8.59. The quantitative estimate of drug-likeness (QED) is 0.276. The third kappa shape index (κ3) is 6.60. The van der Waals surface area contributed by atoms with E-state index in [1.807, 2.05) is 28.8 Å². The Bertz CT molecular complexity index is 1030. The summed E-state index contributed by atoms with van der Waals surface area (Å²) in [6, 6.07) is 14.0. The molecule has 1 aromatic heterocycles. The molecule has 182 valence electrons. The maximum Gasteiger partial charge on any atom is 0.387 e. The number of ether oxygens (including phenoxy) is 3. The molecule has 0 N–H and O–H groups in total. The van der Waals surface area contributed by atoms with Crippen LogP contribution in [0.25, 0.3) is 5.69 Å². The third-order valence-electron chi connectivity index (χ3n) is 5.48. The summed E-state index contributed by atoms with van der Waals surface area (Å²) in [5, 5.41) is 9.61. The highest BCUT2D eigenvalue weighted by atomic mass is 32.2. The maximum atomic E-state index is 12.5. The first kappa shape index (κ1) is 24.3. The molecular weight excluding hydrogens is 462 g/mol. The van der Waals surface area contributed by atoms with Crippen molar-refractivity contribution in [3.63, 3.8) is 0 Å². The number of piperidine rings is 1. The second-order valence-electron chi connectivity index (χ2n) is 7.82. The van der Waals surface area contributed by atoms with Crippen LogP contribution in [0.1, 0.15) is 25.1 Å². The van der Waals surface area contributed by atoms with Crippen LogP contribution in [0.5, 0.6) is 17.2 Å². The molecule has 4 rings (SSSR count). The standard InChI is InChI=1S/C24H28F2N4O3S/c1-31-19-9-11-20(12-10-19)32-15-16-34-24-28-27-22(17-29-13-3-2-4-14-29)30(24)18-5-7-21(8-6-18)33-23(25)26/h5-12,23H,2-4,13-17H2,1H3. The average molecular weight is 491 g/mol. The van der Waals surface area contributed by atoms with Crippen LogP contribution in [0.4, 0.5) is 8.78 Å². The number of thioether (sulfide) groups is 1. The number of rotatable bonds is 11. The maximum absolute atomic E-state index is 12.5. The van der Waals surface area contributed by atoms with Crippen molar-refractivity contribution in [1.29, 1.82) is 0 Å². The van der Waals surface area contributed by atoms with Crippen LogP contribution in [0.2, 0.25) is 0 Å². The fraction of sp³-hybridized carbons (Fsp3) is 0.417. The lowest BCUT2D eigenvalue weighted by molar-refractivity contribution is -0.0498. The normalized spacial score (nSPS) is 14.4. The highest BCUT2D eigenvalue weighted by molar-refractivity contribution is 7.99. The van der Waals surface area contributed by atoms with Crippen molar-refractivity contribution in [3.8, 4) is 22.9 Å². The summed E-state index contributed by atoms with van der Waals surface area (Å²) < 4.78 is 42.6. The summed E-state index contributed by atoms with van der Waals surface area (Å²) in [7, 11) is 1.63. The van der Waals surface area contributed by atoms with Crippen molar-refractivity contribution in [2.75, 3.05) is 32.6 Å². The largest absolute Gasteiger partial charge is 0.497 e. The molecule has 10 heteroatoms. The predicted molar refractivity (Wildman–Crippen MR) is 126 cm³/mol. The number of aromatic nitrogens is 3. The Hall–Kier alpha value is -2.85. The van der Waals surface area contributed by atoms with Crippen LogP contribution in [0.3, 0.4) is 0 Å². The molecule has 0 spiro atoms. The molecular formula is C24H28F2N4O3S. The Morgan fingerprint density at radius 2 is 1.59 bits per heavy atom. The summed E-state index contributed by atoms with van der Waals surface area (Å²) in [6.07, 6.45) is 3.61. The molecule has 7 nitrogen and oxygen atoms in total. The van der Waals surface area contributed by atoms with Crippen molar-refractivity contribution in [1.82, 2.24) is 19.7 Å². The zero-order valence-corrected chi connectivity index (χ0v) is 19.8. The molecule has 1 aliphatic heterocycles. The molecule has 1 fully saturated rings. The summed E-state index contributed by atoms with van der Waals surface area (Å²) in [5.74, 6) is 3.15. The number of hydrogen-bond acceptors (Lipinski definition) is 7. The fourth-order valence-corrected chi connectivity index (χ4v) is 4.60. The summed E-state index contributed by atoms with van der Waals surface area (Å²) in [5.41, 5.74) is 0.803. The minimum atomic E-state index is -2.85. The molecule has 0 aliphatic carbocycles. The molecule has 0 atom stereocenters. The van der Waals surface area contributed by atoms with Crippen molar-refractivity contribution in [2.24, 2.45) is 0 Å². The number of likely N-dealkylation sites (tertiary alicyclic amines) is 1. The zero-order valence-electron chi connectivity index (χ0n) is 19.0. The molecule has 0 amide bonds. The average Bonchev–Trinajstić information content (AvgIpc) is 3.25. The highest BCUT2D eigenvalue weighted by Gasteiger charge is 2.19. The van der Waals surface area contributed by atoms with Crippen molar-refractivity contribution in [3.05, 3.63) is 54.4 Å². The minimum Gasteiger partial charge on any atom is -0.497 e. The van der Waals surface area contributed by atoms with Gasteiger partial charge in [0.25, 0.3) is 0 Å². The number of halogens is 2. The number of benzene rings is 2. The minimum absolute atomic E-state index is 0.117. The number of methoxy groups -OCH3 is 1. The van der Waals surface area contributed by atoms with E-state index in [-0.39, 0.29) is 5.75 Å². The molecule has 2 heterocycles. The van der Waals surface area contributed by atoms with Crippen molar-refractivity contribution < 1.29 is 23.0 Å². The summed E-state index contributed by atoms with van der Waals surface area (Å²) in [4.78, 5) is 2.37. The van der Waals surface area contributed by atoms with Gasteiger partial charge in [0.15, 0.2) is 11.0 Å². The Labute approximate surface area is 202 Å². The van der Waals surface area contributed by atoms with Crippen LogP contribution in [0.15, 0.2) is 53.7 Å². The molecule has 0 unspecified atom stereocenters. The first-order valence-electron chi connectivity index (χ1n) is 11.2. The van der Waals surface area contributed by atoms with E-state index in [1.165, 1.54) is 43.2 Å². The zero-order chi connectivity index (χ0) is 23.8. The lowest BCUT2D eigenvalue weighted by Crippen LogP contribution is -2.30. The van der Waals surface area contributed by atoms with Crippen LogP contribution in [0, 0.1) is 0 Å². The van der Waals surface area contributed by atoms with Gasteiger partial charge in [0.1, 0.15) is 17.2 Å². The van der Waals surface area contributed by atoms with E-state index in [2.05, 4.69) is 19.8 Å². The van der Waals surface area contributed by atoms with E-state index in [1.54, 1.807) is 19.2 Å². The van der Waals surface area contributed by atoms with E-state index in [0.717, 1.165) is 41.3 Å². The monoisotopic (exact) mass is 490 g/mol. The fourth-order valence-electron chi connectivity index (χ4n) is 3.81. The lowest BCUT2D eigenvalue weighted by Gasteiger charge is -2.26. The Balaban J connectivity index is 1.45. The molecule has 0 bridgehead atoms. The van der Waals surface area contributed by atoms with Crippen LogP contribution in [-0.2, 0) is 6.54 Å². The Morgan fingerprint density at radius 3 is 2.26 bits per heavy atom. The van der Waals surface area contributed by atoms with Crippen LogP contribution in [-0.4, -0.2) is 58.8 Å². The van der Waals surface area contributed by atoms with Gasteiger partial charge in [-0.1, -0.05) is 18.2 Å². The molecule has 2 aromatic carbocycles. The molecule has 1 aliphatic rings. The van der Waals surface area contributed by atoms with Crippen molar-refractivity contribution >= 4 is 11.8 Å². The first-order chi connectivity index (χ1) is 16.6. The van der Waals surface area contributed by atoms with Gasteiger partial charge >= 0.3 is 6.61 Å². The van der Waals surface area contributed by atoms with Gasteiger partial charge in [0.2, 0.25) is 0 Å². The van der Waals surface area contributed by atoms with E-state index < -0.39 is 6.61 Å². The van der Waals surface area contributed by atoms with Gasteiger partial charge in [-0.25, -0.2) is 0 Å². The first-order valence-corrected chi connectivity index (χ1v) is 12.2. The molecule has 0 radical (unpaired) electrons. The SMILES string of the molecule is COc1ccc(OCCSc2nnc(CN3CCCCC3)n2-c2ccc(OC(F)F)cc2)cc1. The van der Waals surface area contributed by atoms with Gasteiger partial charge in [-0.05, 0) is 74.5 Å². The van der Waals surface area contributed by atoms with E-state index in [4.69, 9.17) is 9.47 Å². The van der Waals surface area contributed by atoms with Gasteiger partial charge < -0.3 is 14.2 Å². The predicted octanol–water partition coefficient (Wildman–Crippen LogP) is 5.03. The van der Waals surface area contributed by atoms with Crippen molar-refractivity contribution in [2.45, 2.75) is 37.6 Å². The third-order valence-corrected chi connectivity index (χ3v) is 6.37. The number of nitrogens with zero attached hydrogens (tertiary/aromatic N) is 4. The number of alkyl halides is 2. The summed E-state index contributed by atoms with van der Waals surface area (Å²) in [6.45, 7) is 0.392. The van der Waals surface area contributed by atoms with E-state index in [9.17, 15) is 8.78 Å². The van der Waals surface area contributed by atoms with E-state index >= 15 is 0 Å². The van der Waals surface area contributed by atoms with E-state index in [0.29, 0.717) is 18.9 Å². The van der Waals surface area contributed by atoms with Gasteiger partial charge in [0, 0.05) is 11.4 Å². The number of hydrogen-bond donors (Lipinski definition) is 0. The summed E-state index contributed by atoms with van der Waals surface area (Å²) >= 11 is 1.54. The highest BCUT2D eigenvalue weighted by Crippen LogP contribution is 2.26. The second-order valence-corrected chi connectivity index (χ2v) is 8.88. The molecule has 0 saturated carbocycles. The van der Waals surface area contributed by atoms with Gasteiger partial charge in [-0.15, -0.1) is 10.2 Å². The Morgan fingerprint density at radius 1 is 0.912 bits per heavy atom. The molecule has 1 saturated heterocycles.